The third-order valence-electron chi connectivity index (χ3n) is 6.77. The van der Waals surface area contributed by atoms with E-state index in [1.165, 1.54) is 7.16 Å². The van der Waals surface area contributed by atoms with Crippen LogP contribution in [0.1, 0.15) is 91.9 Å². The molecule has 5 heteroatoms. The topological polar surface area (TPSA) is 80.3 Å². The maximum atomic E-state index is 11.6. The van der Waals surface area contributed by atoms with Crippen molar-refractivity contribution in [1.82, 2.24) is 0 Å². The van der Waals surface area contributed by atoms with E-state index in [-0.39, 0.29) is 35.8 Å². The third kappa shape index (κ3) is 13.9. The number of hydrogen-bond acceptors (Lipinski definition) is 4. The predicted octanol–water partition coefficient (Wildman–Crippen LogP) is 4.34. The van der Waals surface area contributed by atoms with E-state index in [1.807, 2.05) is 13.8 Å². The van der Waals surface area contributed by atoms with E-state index in [0.717, 1.165) is 51.4 Å². The van der Waals surface area contributed by atoms with Gasteiger partial charge in [0.25, 0.3) is 0 Å². The molecule has 0 N–H and O–H groups in total. The normalized spacial score (nSPS) is 12.9. The van der Waals surface area contributed by atoms with Crippen molar-refractivity contribution < 1.29 is 19.8 Å². The molecule has 0 amide bonds. The Morgan fingerprint density at radius 1 is 0.649 bits per heavy atom. The van der Waals surface area contributed by atoms with Crippen molar-refractivity contribution in [2.75, 3.05) is 0 Å². The molecule has 0 aliphatic carbocycles. The van der Waals surface area contributed by atoms with Crippen molar-refractivity contribution in [2.45, 2.75) is 91.9 Å². The second kappa shape index (κ2) is 20.0. The quantitative estimate of drug-likeness (QED) is 0.209. The summed E-state index contributed by atoms with van der Waals surface area (Å²) in [7, 11) is 0. The van der Waals surface area contributed by atoms with Crippen LogP contribution in [-0.4, -0.2) is 33.1 Å². The molecule has 0 aliphatic heterocycles. The van der Waals surface area contributed by atoms with Crippen molar-refractivity contribution in [3.05, 3.63) is 71.8 Å². The van der Waals surface area contributed by atoms with Gasteiger partial charge < -0.3 is 19.8 Å². The average Bonchev–Trinajstić information content (AvgIpc) is 2.91. The average molecular weight is 611 g/mol. The molecule has 37 heavy (non-hydrogen) atoms. The molecule has 0 aromatic heterocycles. The molecule has 0 spiro atoms. The summed E-state index contributed by atoms with van der Waals surface area (Å²) in [6.07, 6.45) is 8.18. The molecule has 0 saturated carbocycles. The number of carbonyl (C=O) groups excluding carboxylic acids is 2. The van der Waals surface area contributed by atoms with Gasteiger partial charge in [0.2, 0.25) is 0 Å². The molecule has 0 radical (unpaired) electrons. The number of aliphatic carboxylic acids is 2. The molecular weight excluding hydrogens is 567 g/mol. The minimum absolute atomic E-state index is 0.0482. The van der Waals surface area contributed by atoms with Crippen LogP contribution in [0.15, 0.2) is 71.8 Å². The Kier molecular flexibility index (Phi) is 17.8. The fourth-order valence-electron chi connectivity index (χ4n) is 4.33. The summed E-state index contributed by atoms with van der Waals surface area (Å²) in [5.74, 6) is -2.34. The summed E-state index contributed by atoms with van der Waals surface area (Å²) in [6, 6.07) is 21.6. The van der Waals surface area contributed by atoms with Crippen LogP contribution in [0.4, 0.5) is 0 Å². The Hall–Kier alpha value is -2.08. The molecule has 0 saturated heterocycles. The molecule has 2 unspecified atom stereocenters. The summed E-state index contributed by atoms with van der Waals surface area (Å²) in [4.78, 5) is 23.2. The van der Waals surface area contributed by atoms with Gasteiger partial charge in [0, 0.05) is 0 Å². The van der Waals surface area contributed by atoms with E-state index in [9.17, 15) is 19.8 Å². The van der Waals surface area contributed by atoms with E-state index < -0.39 is 33.1 Å². The van der Waals surface area contributed by atoms with Gasteiger partial charge in [0.05, 0.1) is 11.9 Å². The summed E-state index contributed by atoms with van der Waals surface area (Å²) >= 11 is -0.517. The van der Waals surface area contributed by atoms with Gasteiger partial charge in [-0.3, -0.25) is 0 Å². The van der Waals surface area contributed by atoms with Crippen molar-refractivity contribution in [3.8, 4) is 0 Å². The monoisotopic (exact) mass is 612 g/mol. The SMILES string of the molecule is CCCCC(CC)C/C(C(=O)[O-])=C(\CC(CC)CCCC)C(=O)[O-].c1cc[c]([Sn+2][c]2ccccc2)cc1. The second-order valence-electron chi connectivity index (χ2n) is 9.63. The number of hydrogen-bond donors (Lipinski definition) is 0. The first kappa shape index (κ1) is 32.9. The number of carboxylic acids is 2. The number of benzene rings is 2. The summed E-state index contributed by atoms with van der Waals surface area (Å²) < 4.78 is 3.08. The summed E-state index contributed by atoms with van der Waals surface area (Å²) in [5, 5.41) is 23.2. The Morgan fingerprint density at radius 2 is 1.00 bits per heavy atom. The minimum atomic E-state index is -1.35. The first-order valence-electron chi connectivity index (χ1n) is 13.9. The van der Waals surface area contributed by atoms with E-state index in [2.05, 4.69) is 74.5 Å². The van der Waals surface area contributed by atoms with Crippen molar-refractivity contribution >= 4 is 40.2 Å². The van der Waals surface area contributed by atoms with E-state index >= 15 is 0 Å². The molecule has 2 aromatic rings. The zero-order valence-corrected chi connectivity index (χ0v) is 26.0. The molecule has 200 valence electrons. The van der Waals surface area contributed by atoms with Gasteiger partial charge in [-0.1, -0.05) is 79.1 Å². The van der Waals surface area contributed by atoms with Crippen LogP contribution in [0.2, 0.25) is 0 Å². The van der Waals surface area contributed by atoms with Crippen LogP contribution >= 0.6 is 0 Å². The van der Waals surface area contributed by atoms with Crippen molar-refractivity contribution in [1.29, 1.82) is 0 Å². The Morgan fingerprint density at radius 3 is 1.27 bits per heavy atom. The molecule has 2 aromatic carbocycles. The molecule has 0 heterocycles. The first-order chi connectivity index (χ1) is 17.9. The zero-order valence-electron chi connectivity index (χ0n) is 23.1. The molecule has 2 atom stereocenters. The van der Waals surface area contributed by atoms with Crippen LogP contribution in [0.25, 0.3) is 0 Å². The summed E-state index contributed by atoms with van der Waals surface area (Å²) in [5.41, 5.74) is -0.0965. The maximum absolute atomic E-state index is 11.6. The Labute approximate surface area is 234 Å². The van der Waals surface area contributed by atoms with Crippen LogP contribution in [0.5, 0.6) is 0 Å². The van der Waals surface area contributed by atoms with Crippen LogP contribution in [-0.2, 0) is 9.59 Å². The van der Waals surface area contributed by atoms with Crippen molar-refractivity contribution in [2.24, 2.45) is 11.8 Å². The molecule has 2 rings (SSSR count). The fraction of sp³-hybridized carbons (Fsp3) is 0.500. The number of carbonyl (C=O) groups is 2. The van der Waals surface area contributed by atoms with Gasteiger partial charge in [-0.25, -0.2) is 0 Å². The van der Waals surface area contributed by atoms with E-state index in [1.54, 1.807) is 0 Å². The van der Waals surface area contributed by atoms with Gasteiger partial charge in [-0.2, -0.15) is 0 Å². The van der Waals surface area contributed by atoms with E-state index in [0.29, 0.717) is 0 Å². The van der Waals surface area contributed by atoms with Crippen LogP contribution in [0.3, 0.4) is 0 Å². The van der Waals surface area contributed by atoms with Gasteiger partial charge in [0.15, 0.2) is 0 Å². The van der Waals surface area contributed by atoms with Gasteiger partial charge in [0.1, 0.15) is 0 Å². The molecular formula is C32H44O4Sn. The number of carboxylic acid groups (broad SMARTS) is 2. The second-order valence-corrected chi connectivity index (χ2v) is 13.6. The van der Waals surface area contributed by atoms with Gasteiger partial charge >= 0.3 is 89.0 Å². The van der Waals surface area contributed by atoms with Gasteiger partial charge in [-0.15, -0.1) is 0 Å². The van der Waals surface area contributed by atoms with Gasteiger partial charge in [-0.05, 0) is 35.8 Å². The Balaban J connectivity index is 0.000000435. The summed E-state index contributed by atoms with van der Waals surface area (Å²) in [6.45, 7) is 8.22. The predicted molar refractivity (Wildman–Crippen MR) is 151 cm³/mol. The zero-order chi connectivity index (χ0) is 27.5. The van der Waals surface area contributed by atoms with E-state index in [4.69, 9.17) is 0 Å². The molecule has 0 bridgehead atoms. The first-order valence-corrected chi connectivity index (χ1v) is 16.7. The third-order valence-corrected chi connectivity index (χ3v) is 10.3. The van der Waals surface area contributed by atoms with Crippen molar-refractivity contribution in [3.63, 3.8) is 0 Å². The standard InChI is InChI=1S/C20H36O4.2C6H5.Sn/c1-5-9-11-15(7-3)13-17(19(21)22)18(20(23)24)14-16(8-4)12-10-6-2;2*1-2-4-6-5-3-1;/h15-16H,5-14H2,1-4H3,(H,21,22)(H,23,24);2*1-5H;/q;;;+2/p-2/b18-17-;;;. The van der Waals surface area contributed by atoms with Crippen LogP contribution < -0.4 is 17.4 Å². The number of rotatable bonds is 16. The molecule has 0 aliphatic rings. The fourth-order valence-corrected chi connectivity index (χ4v) is 7.33. The van der Waals surface area contributed by atoms with Crippen LogP contribution in [0, 0.1) is 11.8 Å². The Bertz CT molecular complexity index is 849. The number of unbranched alkanes of at least 4 members (excludes halogenated alkanes) is 2. The molecule has 4 nitrogen and oxygen atoms in total. The molecule has 0 fully saturated rings.